The smallest absolute Gasteiger partial charge is 0.131 e. The first-order valence-electron chi connectivity index (χ1n) is 12.0. The Morgan fingerprint density at radius 2 is 2.21 bits per heavy atom. The van der Waals surface area contributed by atoms with Gasteiger partial charge in [0.15, 0.2) is 0 Å². The van der Waals surface area contributed by atoms with Crippen molar-refractivity contribution in [2.45, 2.75) is 70.2 Å². The van der Waals surface area contributed by atoms with Gasteiger partial charge in [0.25, 0.3) is 0 Å². The fourth-order valence-corrected chi connectivity index (χ4v) is 6.05. The number of nitrogens with zero attached hydrogens (tertiary/aromatic N) is 1. The Kier molecular flexibility index (Phi) is 2.50. The minimum atomic E-state index is -2.19. The Balaban J connectivity index is 1.87. The van der Waals surface area contributed by atoms with Gasteiger partial charge in [-0.3, -0.25) is 0 Å². The molecule has 3 saturated carbocycles. The van der Waals surface area contributed by atoms with E-state index in [0.29, 0.717) is 32.1 Å². The van der Waals surface area contributed by atoms with E-state index in [0.717, 1.165) is 0 Å². The summed E-state index contributed by atoms with van der Waals surface area (Å²) in [4.78, 5) is 0. The van der Waals surface area contributed by atoms with Gasteiger partial charge in [-0.15, -0.1) is 6.42 Å². The molecule has 0 saturated heterocycles. The number of hydrogen-bond donors (Lipinski definition) is 2. The molecule has 24 heavy (non-hydrogen) atoms. The van der Waals surface area contributed by atoms with Crippen LogP contribution in [0.1, 0.15) is 72.8 Å². The Bertz CT molecular complexity index is 879. The molecule has 0 amide bonds. The number of terminal acetylenes is 1. The van der Waals surface area contributed by atoms with Gasteiger partial charge in [0.05, 0.1) is 7.08 Å². The first-order valence-corrected chi connectivity index (χ1v) is 8.98. The van der Waals surface area contributed by atoms with Gasteiger partial charge in [-0.1, -0.05) is 23.6 Å². The molecule has 0 bridgehead atoms. The predicted octanol–water partition coefficient (Wildman–Crippen LogP) is 4.14. The molecule has 4 aliphatic rings. The monoisotopic (exact) mass is 333 g/mol. The minimum Gasteiger partial charge on any atom is -0.411 e. The normalized spacial score (nSPS) is 60.2. The Morgan fingerprint density at radius 1 is 1.38 bits per heavy atom. The summed E-state index contributed by atoms with van der Waals surface area (Å²) < 4.78 is 51.9. The van der Waals surface area contributed by atoms with E-state index in [9.17, 15) is 11.7 Å². The van der Waals surface area contributed by atoms with Crippen LogP contribution in [0.15, 0.2) is 16.8 Å². The van der Waals surface area contributed by atoms with Gasteiger partial charge in [-0.2, -0.15) is 0 Å². The summed E-state index contributed by atoms with van der Waals surface area (Å²) in [6.07, 6.45) is 4.22. The largest absolute Gasteiger partial charge is 0.411 e. The molecule has 3 heteroatoms. The molecule has 0 radical (unpaired) electrons. The summed E-state index contributed by atoms with van der Waals surface area (Å²) >= 11 is 0. The molecular formula is C21H29NO2. The third kappa shape index (κ3) is 1.99. The van der Waals surface area contributed by atoms with Crippen molar-refractivity contribution < 1.29 is 18.5 Å². The molecule has 0 aliphatic heterocycles. The average molecular weight is 334 g/mol. The van der Waals surface area contributed by atoms with Gasteiger partial charge in [0, 0.05) is 12.3 Å². The van der Waals surface area contributed by atoms with E-state index in [1.807, 2.05) is 6.92 Å². The van der Waals surface area contributed by atoms with Crippen molar-refractivity contribution in [3.63, 3.8) is 0 Å². The van der Waals surface area contributed by atoms with E-state index in [4.69, 9.17) is 13.3 Å². The average Bonchev–Trinajstić information content (AvgIpc) is 2.94. The third-order valence-corrected chi connectivity index (χ3v) is 7.23. The number of hydrogen-bond acceptors (Lipinski definition) is 3. The molecule has 0 spiro atoms. The molecule has 6 atom stereocenters. The summed E-state index contributed by atoms with van der Waals surface area (Å²) in [5.74, 6) is 0.408. The molecule has 3 nitrogen and oxygen atoms in total. The van der Waals surface area contributed by atoms with Crippen LogP contribution in [0, 0.1) is 41.4 Å². The van der Waals surface area contributed by atoms with Crippen LogP contribution in [-0.4, -0.2) is 21.6 Å². The lowest BCUT2D eigenvalue weighted by Crippen LogP contribution is -2.53. The zero-order valence-corrected chi connectivity index (χ0v) is 14.1. The van der Waals surface area contributed by atoms with Crippen LogP contribution in [0.3, 0.4) is 0 Å². The standard InChI is InChI=1S/C21H29NO2/c1-3-20-11-9-17-16-8-6-15(22-24)13-14(16)5-7-18(17)19(20)10-12-21(20,23)4-2/h2,13,16-19,23-24H,3,5-12H2,1H3/b22-15-/t16-,17?,18?,19?,20-,21-/m0/s1/i5D2,6D2,13D,16D. The van der Waals surface area contributed by atoms with Gasteiger partial charge in [0.2, 0.25) is 0 Å². The van der Waals surface area contributed by atoms with Crippen molar-refractivity contribution in [3.8, 4) is 12.3 Å². The Morgan fingerprint density at radius 3 is 2.92 bits per heavy atom. The van der Waals surface area contributed by atoms with Crippen molar-refractivity contribution in [1.82, 2.24) is 0 Å². The molecular weight excluding hydrogens is 298 g/mol. The van der Waals surface area contributed by atoms with Crippen LogP contribution >= 0.6 is 0 Å². The summed E-state index contributed by atoms with van der Waals surface area (Å²) in [6, 6.07) is -0.480. The van der Waals surface area contributed by atoms with E-state index in [1.165, 1.54) is 0 Å². The number of allylic oxidation sites excluding steroid dienone is 2. The fraction of sp³-hybridized carbons (Fsp3) is 0.762. The minimum absolute atomic E-state index is 0.0471. The molecule has 2 N–H and O–H groups in total. The summed E-state index contributed by atoms with van der Waals surface area (Å²) in [5, 5.41) is 23.5. The molecule has 3 fully saturated rings. The summed E-state index contributed by atoms with van der Waals surface area (Å²) in [6.45, 7) is 2.01. The second-order valence-electron chi connectivity index (χ2n) is 7.68. The van der Waals surface area contributed by atoms with Crippen molar-refractivity contribution in [2.75, 3.05) is 0 Å². The zero-order valence-electron chi connectivity index (χ0n) is 20.1. The summed E-state index contributed by atoms with van der Waals surface area (Å²) in [7, 11) is 0. The Hall–Kier alpha value is -1.27. The van der Waals surface area contributed by atoms with Crippen molar-refractivity contribution in [3.05, 3.63) is 11.6 Å². The molecule has 0 aromatic carbocycles. The van der Waals surface area contributed by atoms with E-state index >= 15 is 0 Å². The lowest BCUT2D eigenvalue weighted by atomic mass is 9.49. The highest BCUT2D eigenvalue weighted by Crippen LogP contribution is 2.66. The van der Waals surface area contributed by atoms with Gasteiger partial charge >= 0.3 is 0 Å². The van der Waals surface area contributed by atoms with E-state index in [1.54, 1.807) is 0 Å². The van der Waals surface area contributed by atoms with Crippen LogP contribution in [0.4, 0.5) is 0 Å². The van der Waals surface area contributed by atoms with Crippen molar-refractivity contribution >= 4 is 5.71 Å². The van der Waals surface area contributed by atoms with E-state index in [-0.39, 0.29) is 36.2 Å². The first kappa shape index (κ1) is 10.7. The van der Waals surface area contributed by atoms with Gasteiger partial charge in [-0.25, -0.2) is 0 Å². The third-order valence-electron chi connectivity index (χ3n) is 7.23. The first-order chi connectivity index (χ1) is 13.8. The highest BCUT2D eigenvalue weighted by molar-refractivity contribution is 5.96. The molecule has 0 aromatic heterocycles. The van der Waals surface area contributed by atoms with Crippen LogP contribution in [0.2, 0.25) is 0 Å². The molecule has 130 valence electrons. The number of oxime groups is 1. The fourth-order valence-electron chi connectivity index (χ4n) is 6.05. The maximum absolute atomic E-state index is 11.2. The Labute approximate surface area is 153 Å². The van der Waals surface area contributed by atoms with Crippen LogP contribution in [-0.2, 0) is 0 Å². The topological polar surface area (TPSA) is 52.8 Å². The number of aliphatic hydroxyl groups is 1. The van der Waals surface area contributed by atoms with Crippen LogP contribution in [0.5, 0.6) is 0 Å². The molecule has 0 aromatic rings. The van der Waals surface area contributed by atoms with Gasteiger partial charge in [-0.05, 0) is 87.4 Å². The van der Waals surface area contributed by atoms with Crippen molar-refractivity contribution in [2.24, 2.45) is 34.2 Å². The lowest BCUT2D eigenvalue weighted by molar-refractivity contribution is -0.0989. The van der Waals surface area contributed by atoms with E-state index < -0.39 is 41.4 Å². The molecule has 4 aliphatic carbocycles. The van der Waals surface area contributed by atoms with Crippen molar-refractivity contribution in [1.29, 1.82) is 0 Å². The molecule has 3 unspecified atom stereocenters. The quantitative estimate of drug-likeness (QED) is 0.430. The second-order valence-corrected chi connectivity index (χ2v) is 7.68. The SMILES string of the molecule is [2H]C1=C2C([2H])([2H])CC3C4CC[C@@](O)(C#C)[C@@]4(CC)CCC3[C@@]2([2H])CC([2H])([2H])/C1=N/O. The summed E-state index contributed by atoms with van der Waals surface area (Å²) in [5.41, 5.74) is -2.32. The zero-order chi connectivity index (χ0) is 22.3. The molecule has 0 heterocycles. The molecule has 4 rings (SSSR count). The van der Waals surface area contributed by atoms with Crippen LogP contribution in [0.25, 0.3) is 0 Å². The number of rotatable bonds is 1. The second kappa shape index (κ2) is 5.63. The van der Waals surface area contributed by atoms with E-state index in [2.05, 4.69) is 11.1 Å². The van der Waals surface area contributed by atoms with Crippen LogP contribution < -0.4 is 0 Å². The van der Waals surface area contributed by atoms with Gasteiger partial charge < -0.3 is 10.3 Å². The maximum atomic E-state index is 11.2. The number of fused-ring (bicyclic) bond motifs is 5. The highest BCUT2D eigenvalue weighted by Gasteiger charge is 2.63. The lowest BCUT2D eigenvalue weighted by Gasteiger charge is -2.56. The van der Waals surface area contributed by atoms with Gasteiger partial charge in [0.1, 0.15) is 5.60 Å². The predicted molar refractivity (Wildman–Crippen MR) is 94.7 cm³/mol. The highest BCUT2D eigenvalue weighted by atomic mass is 16.4. The maximum Gasteiger partial charge on any atom is 0.131 e.